The van der Waals surface area contributed by atoms with Crippen LogP contribution < -0.4 is 15.1 Å². The lowest BCUT2D eigenvalue weighted by Crippen LogP contribution is -2.54. The predicted octanol–water partition coefficient (Wildman–Crippen LogP) is 5.94. The largest absolute Gasteiger partial charge is 0.364 e. The lowest BCUT2D eigenvalue weighted by atomic mass is 9.78. The van der Waals surface area contributed by atoms with E-state index in [0.29, 0.717) is 17.6 Å². The number of anilines is 2. The van der Waals surface area contributed by atoms with Crippen LogP contribution in [0.4, 0.5) is 11.4 Å². The second-order valence-electron chi connectivity index (χ2n) is 10.9. The highest BCUT2D eigenvalue weighted by Crippen LogP contribution is 2.45. The molecule has 2 aromatic rings. The Kier molecular flexibility index (Phi) is 6.39. The molecule has 2 amide bonds. The summed E-state index contributed by atoms with van der Waals surface area (Å²) in [7, 11) is 0. The minimum atomic E-state index is -0.462. The number of hydrogen-bond acceptors (Lipinski definition) is 4. The van der Waals surface area contributed by atoms with E-state index in [9.17, 15) is 9.59 Å². The van der Waals surface area contributed by atoms with Gasteiger partial charge in [-0.25, -0.2) is 0 Å². The maximum absolute atomic E-state index is 13.6. The summed E-state index contributed by atoms with van der Waals surface area (Å²) in [4.78, 5) is 30.4. The number of nitrogens with zero attached hydrogens (tertiary/aromatic N) is 2. The monoisotopic (exact) mass is 489 g/mol. The zero-order valence-corrected chi connectivity index (χ0v) is 22.8. The number of benzene rings is 2. The van der Waals surface area contributed by atoms with E-state index in [1.54, 1.807) is 6.08 Å². The molecule has 2 aliphatic heterocycles. The van der Waals surface area contributed by atoms with Crippen molar-refractivity contribution in [3.05, 3.63) is 63.7 Å². The smallest absolute Gasteiger partial charge is 0.270 e. The minimum absolute atomic E-state index is 0.0499. The number of amides is 2. The molecule has 4 rings (SSSR count). The van der Waals surface area contributed by atoms with Crippen molar-refractivity contribution in [3.63, 3.8) is 0 Å². The molecule has 0 spiro atoms. The first-order chi connectivity index (χ1) is 16.3. The van der Waals surface area contributed by atoms with Crippen LogP contribution in [0.1, 0.15) is 74.8 Å². The Hall–Kier alpha value is -2.99. The molecule has 1 atom stereocenters. The normalized spacial score (nSPS) is 21.0. The van der Waals surface area contributed by atoms with E-state index in [-0.39, 0.29) is 16.2 Å². The van der Waals surface area contributed by atoms with E-state index in [1.807, 2.05) is 39.0 Å². The molecule has 2 aromatic carbocycles. The molecular formula is C29H35N3O2S. The third-order valence-corrected chi connectivity index (χ3v) is 7.46. The lowest BCUT2D eigenvalue weighted by molar-refractivity contribution is -0.122. The molecule has 184 valence electrons. The molecule has 6 heteroatoms. The van der Waals surface area contributed by atoms with Crippen LogP contribution in [0.5, 0.6) is 0 Å². The third kappa shape index (κ3) is 4.40. The van der Waals surface area contributed by atoms with E-state index in [0.717, 1.165) is 28.7 Å². The van der Waals surface area contributed by atoms with Gasteiger partial charge in [0.1, 0.15) is 5.57 Å². The molecule has 0 aromatic heterocycles. The van der Waals surface area contributed by atoms with Crippen LogP contribution in [-0.4, -0.2) is 28.5 Å². The number of hydrogen-bond donors (Lipinski definition) is 1. The predicted molar refractivity (Wildman–Crippen MR) is 148 cm³/mol. The Morgan fingerprint density at radius 1 is 1.06 bits per heavy atom. The van der Waals surface area contributed by atoms with Gasteiger partial charge in [-0.3, -0.25) is 19.8 Å². The number of fused-ring (bicyclic) bond motifs is 1. The highest BCUT2D eigenvalue weighted by Gasteiger charge is 2.39. The van der Waals surface area contributed by atoms with Crippen molar-refractivity contribution in [2.24, 2.45) is 0 Å². The Morgan fingerprint density at radius 3 is 2.37 bits per heavy atom. The zero-order chi connectivity index (χ0) is 25.8. The van der Waals surface area contributed by atoms with Crippen molar-refractivity contribution in [1.82, 2.24) is 5.32 Å². The summed E-state index contributed by atoms with van der Waals surface area (Å²) in [5.74, 6) is -0.500. The number of thiocarbonyl (C=S) groups is 1. The van der Waals surface area contributed by atoms with Gasteiger partial charge in [0.2, 0.25) is 0 Å². The van der Waals surface area contributed by atoms with Gasteiger partial charge in [0.15, 0.2) is 5.11 Å². The summed E-state index contributed by atoms with van der Waals surface area (Å²) < 4.78 is 0. The molecule has 0 bridgehead atoms. The summed E-state index contributed by atoms with van der Waals surface area (Å²) in [6.45, 7) is 17.3. The van der Waals surface area contributed by atoms with E-state index in [1.165, 1.54) is 16.2 Å². The molecule has 1 unspecified atom stereocenters. The molecular weight excluding hydrogens is 454 g/mol. The topological polar surface area (TPSA) is 52.7 Å². The van der Waals surface area contributed by atoms with Crippen LogP contribution in [-0.2, 0) is 9.59 Å². The molecule has 1 N–H and O–H groups in total. The highest BCUT2D eigenvalue weighted by molar-refractivity contribution is 7.80. The standard InChI is InChI=1S/C29H35N3O2S/c1-16(2)32-25-12-18(4)21(13-22(25)20(6)15-29(32,7)8)14-23-26(33)30-28(35)31(27(23)34)24-10-9-17(3)11-19(24)5/h9-14,16,20H,15H2,1-8H3,(H,30,33,35)/b23-14+. The van der Waals surface area contributed by atoms with Crippen LogP contribution in [0.15, 0.2) is 35.9 Å². The zero-order valence-electron chi connectivity index (χ0n) is 21.9. The maximum Gasteiger partial charge on any atom is 0.270 e. The summed E-state index contributed by atoms with van der Waals surface area (Å²) >= 11 is 5.39. The molecule has 35 heavy (non-hydrogen) atoms. The van der Waals surface area contributed by atoms with Crippen LogP contribution in [0.2, 0.25) is 0 Å². The van der Waals surface area contributed by atoms with Crippen LogP contribution >= 0.6 is 12.2 Å². The van der Waals surface area contributed by atoms with Crippen molar-refractivity contribution >= 4 is 46.6 Å². The van der Waals surface area contributed by atoms with Gasteiger partial charge in [0.05, 0.1) is 5.69 Å². The molecule has 0 aliphatic carbocycles. The van der Waals surface area contributed by atoms with Crippen molar-refractivity contribution in [2.75, 3.05) is 9.80 Å². The van der Waals surface area contributed by atoms with E-state index >= 15 is 0 Å². The first-order valence-electron chi connectivity index (χ1n) is 12.2. The van der Waals surface area contributed by atoms with Crippen molar-refractivity contribution < 1.29 is 9.59 Å². The summed E-state index contributed by atoms with van der Waals surface area (Å²) in [6.07, 6.45) is 2.75. The van der Waals surface area contributed by atoms with E-state index in [2.05, 4.69) is 57.0 Å². The van der Waals surface area contributed by atoms with Gasteiger partial charge in [-0.2, -0.15) is 0 Å². The van der Waals surface area contributed by atoms with Gasteiger partial charge in [0.25, 0.3) is 11.8 Å². The maximum atomic E-state index is 13.6. The number of carbonyl (C=O) groups excluding carboxylic acids is 2. The fourth-order valence-corrected chi connectivity index (χ4v) is 6.11. The molecule has 2 heterocycles. The van der Waals surface area contributed by atoms with Gasteiger partial charge in [-0.15, -0.1) is 0 Å². The van der Waals surface area contributed by atoms with Crippen LogP contribution in [0.25, 0.3) is 6.08 Å². The van der Waals surface area contributed by atoms with Gasteiger partial charge in [-0.05, 0) is 120 Å². The average Bonchev–Trinajstić information content (AvgIpc) is 2.72. The first kappa shape index (κ1) is 25.1. The number of carbonyl (C=O) groups is 2. The highest BCUT2D eigenvalue weighted by atomic mass is 32.1. The molecule has 1 fully saturated rings. The van der Waals surface area contributed by atoms with Crippen LogP contribution in [0.3, 0.4) is 0 Å². The van der Waals surface area contributed by atoms with Gasteiger partial charge >= 0.3 is 0 Å². The fourth-order valence-electron chi connectivity index (χ4n) is 5.83. The lowest BCUT2D eigenvalue weighted by Gasteiger charge is -2.50. The summed E-state index contributed by atoms with van der Waals surface area (Å²) in [6, 6.07) is 10.5. The fraction of sp³-hybridized carbons (Fsp3) is 0.414. The Bertz CT molecular complexity index is 1270. The summed E-state index contributed by atoms with van der Waals surface area (Å²) in [5, 5.41) is 2.82. The van der Waals surface area contributed by atoms with Gasteiger partial charge in [0, 0.05) is 17.3 Å². The molecule has 2 aliphatic rings. The minimum Gasteiger partial charge on any atom is -0.364 e. The molecule has 0 saturated carbocycles. The second-order valence-corrected chi connectivity index (χ2v) is 11.3. The first-order valence-corrected chi connectivity index (χ1v) is 12.6. The molecule has 1 saturated heterocycles. The average molecular weight is 490 g/mol. The second kappa shape index (κ2) is 8.90. The van der Waals surface area contributed by atoms with Gasteiger partial charge in [-0.1, -0.05) is 24.6 Å². The quantitative estimate of drug-likeness (QED) is 0.329. The third-order valence-electron chi connectivity index (χ3n) is 7.17. The van der Waals surface area contributed by atoms with Crippen LogP contribution in [0, 0.1) is 20.8 Å². The SMILES string of the molecule is Cc1ccc(N2C(=O)/C(=C/c3cc4c(cc3C)N(C(C)C)C(C)(C)CC4C)C(=O)NC2=S)c(C)c1. The van der Waals surface area contributed by atoms with Gasteiger partial charge < -0.3 is 4.90 Å². The van der Waals surface area contributed by atoms with E-state index < -0.39 is 11.8 Å². The van der Waals surface area contributed by atoms with Crippen molar-refractivity contribution in [3.8, 4) is 0 Å². The Balaban J connectivity index is 1.80. The Labute approximate surface area is 214 Å². The molecule has 0 radical (unpaired) electrons. The number of rotatable bonds is 3. The number of aryl methyl sites for hydroxylation is 3. The Morgan fingerprint density at radius 2 is 1.74 bits per heavy atom. The van der Waals surface area contributed by atoms with Crippen molar-refractivity contribution in [2.45, 2.75) is 79.3 Å². The number of nitrogens with one attached hydrogen (secondary N) is 1. The van der Waals surface area contributed by atoms with E-state index in [4.69, 9.17) is 12.2 Å². The van der Waals surface area contributed by atoms with Crippen molar-refractivity contribution in [1.29, 1.82) is 0 Å². The molecule has 5 nitrogen and oxygen atoms in total. The summed E-state index contributed by atoms with van der Waals surface area (Å²) in [5.41, 5.74) is 7.23.